The Labute approximate surface area is 629 Å². The quantitative estimate of drug-likeness (QED) is 0.0649. The molecule has 5 aromatic carbocycles. The highest BCUT2D eigenvalue weighted by atomic mass is 79.9. The number of fused-ring (bicyclic) bond motifs is 5. The van der Waals surface area contributed by atoms with Gasteiger partial charge >= 0.3 is 29.3 Å². The Balaban J connectivity index is 0.000000183. The molecule has 21 nitrogen and oxygen atoms in total. The van der Waals surface area contributed by atoms with E-state index in [1.54, 1.807) is 66.3 Å². The van der Waals surface area contributed by atoms with Gasteiger partial charge in [-0.25, -0.2) is 39.1 Å². The highest BCUT2D eigenvalue weighted by molar-refractivity contribution is 9.11. The summed E-state index contributed by atoms with van der Waals surface area (Å²) in [5.41, 5.74) is -0.264. The van der Waals surface area contributed by atoms with E-state index in [1.165, 1.54) is 20.6 Å². The molecule has 2 amide bonds. The molecule has 0 spiro atoms. The summed E-state index contributed by atoms with van der Waals surface area (Å²) in [6.07, 6.45) is 6.09. The number of amides is 2. The van der Waals surface area contributed by atoms with E-state index in [0.29, 0.717) is 37.5 Å². The molecule has 0 aliphatic carbocycles. The number of nitrogens with zero attached hydrogens (tertiary/aromatic N) is 9. The summed E-state index contributed by atoms with van der Waals surface area (Å²) in [4.78, 5) is 76.4. The van der Waals surface area contributed by atoms with Gasteiger partial charge in [0.25, 0.3) is 4.60 Å². The molecule has 0 bridgehead atoms. The van der Waals surface area contributed by atoms with E-state index in [9.17, 15) is 39.2 Å². The van der Waals surface area contributed by atoms with Gasteiger partial charge < -0.3 is 34.4 Å². The van der Waals surface area contributed by atoms with Crippen LogP contribution in [0.1, 0.15) is 61.8 Å². The van der Waals surface area contributed by atoms with E-state index in [-0.39, 0.29) is 33.4 Å². The lowest BCUT2D eigenvalue weighted by Gasteiger charge is -2.26. The molecule has 11 aromatic rings. The number of hydrogen-bond donors (Lipinski definition) is 2. The first-order chi connectivity index (χ1) is 46.7. The summed E-state index contributed by atoms with van der Waals surface area (Å²) in [6, 6.07) is 46.5. The molecule has 30 heteroatoms. The van der Waals surface area contributed by atoms with Crippen molar-refractivity contribution in [2.75, 3.05) is 13.1 Å². The molecule has 13 rings (SSSR count). The van der Waals surface area contributed by atoms with Crippen molar-refractivity contribution in [3.05, 3.63) is 211 Å². The largest absolute Gasteiger partial charge is 0.618 e. The maximum atomic E-state index is 12.6. The van der Waals surface area contributed by atoms with Gasteiger partial charge in [-0.2, -0.15) is 4.73 Å². The predicted molar refractivity (Wildman–Crippen MR) is 405 cm³/mol. The molecule has 8 heterocycles. The standard InChI is InChI=1S/C23H24N4O5.C19H21BrN2O5.C9H5BrClN.C9H6BrNO.C9H6BrN.CH4.Cl3OP/c1-23(2,3)32-22(30)27-13-15(11-19(27)21(28)29)31-20-16-7-5-4-6-14(16)10-17(26-20)18-12-24-8-9-25-18;1-19(2,3)27-18(25)22-10-12(9-14(22)17(23)24)26-16-13-7-5-4-6-11(13)8-15(20)21-16;10-8-5-6-3-1-2-4-7(6)9(11)12-8;10-9-5-7-3-1-2-4-8(7)6-11(9)12;10-9-5-7-3-1-2-4-8(7)6-11-9;;1-5(2,3)4/h4-10,12,15,19H,11,13H2,1-3H3,(H,28,29);4-8,12,14H,9-10H2,1-3H3,(H,23,24);1-5H;1-6H;1-6H;1H4;/t15-,19+;12-,14+;;;;;/m11...../s1. The summed E-state index contributed by atoms with van der Waals surface area (Å²) < 4.78 is 36.0. The van der Waals surface area contributed by atoms with Crippen molar-refractivity contribution in [3.63, 3.8) is 0 Å². The zero-order chi connectivity index (χ0) is 71.9. The first-order valence-electron chi connectivity index (χ1n) is 29.9. The molecule has 2 saturated heterocycles. The van der Waals surface area contributed by atoms with Crippen LogP contribution in [0.2, 0.25) is 5.15 Å². The Morgan fingerprint density at radius 1 is 0.540 bits per heavy atom. The molecule has 0 saturated carbocycles. The monoisotopic (exact) mass is 1710 g/mol. The Kier molecular flexibility index (Phi) is 28.6. The second-order valence-corrected chi connectivity index (χ2v) is 34.0. The average Bonchev–Trinajstić information content (AvgIpc) is 1.43. The van der Waals surface area contributed by atoms with Crippen LogP contribution in [0.4, 0.5) is 9.59 Å². The normalized spacial score (nSPS) is 15.5. The minimum atomic E-state index is -3.22. The Bertz CT molecular complexity index is 4710. The third-order valence-corrected chi connectivity index (χ3v) is 16.2. The molecule has 524 valence electrons. The Hall–Kier alpha value is -7.58. The highest BCUT2D eigenvalue weighted by Gasteiger charge is 2.44. The number of carbonyl (C=O) groups excluding carboxylic acids is 2. The van der Waals surface area contributed by atoms with E-state index < -0.39 is 64.8 Å². The number of benzene rings is 5. The Morgan fingerprint density at radius 3 is 1.43 bits per heavy atom. The predicted octanol–water partition coefficient (Wildman–Crippen LogP) is 19.7. The van der Waals surface area contributed by atoms with E-state index in [1.807, 2.05) is 146 Å². The molecule has 100 heavy (non-hydrogen) atoms. The van der Waals surface area contributed by atoms with Crippen LogP contribution in [-0.4, -0.2) is 123 Å². The second-order valence-electron chi connectivity index (χ2n) is 23.8. The van der Waals surface area contributed by atoms with Gasteiger partial charge in [-0.05, 0) is 192 Å². The zero-order valence-electron chi connectivity index (χ0n) is 53.4. The van der Waals surface area contributed by atoms with E-state index >= 15 is 0 Å². The molecule has 0 unspecified atom stereocenters. The van der Waals surface area contributed by atoms with Gasteiger partial charge in [0.1, 0.15) is 60.2 Å². The van der Waals surface area contributed by atoms with Crippen LogP contribution in [0.5, 0.6) is 11.8 Å². The number of hydrogen-bond acceptors (Lipinski definition) is 16. The van der Waals surface area contributed by atoms with E-state index in [2.05, 4.69) is 139 Å². The van der Waals surface area contributed by atoms with Gasteiger partial charge in [0.15, 0.2) is 6.20 Å². The number of aliphatic carboxylic acids is 2. The lowest BCUT2D eigenvalue weighted by Crippen LogP contribution is -2.43. The summed E-state index contributed by atoms with van der Waals surface area (Å²) in [5, 5.41) is 37.5. The minimum absolute atomic E-state index is 0. The fourth-order valence-electron chi connectivity index (χ4n) is 9.96. The van der Waals surface area contributed by atoms with Gasteiger partial charge in [0, 0.05) is 80.4 Å². The molecular formula is C70H66Br4Cl4N9O12P. The van der Waals surface area contributed by atoms with Gasteiger partial charge in [-0.15, -0.1) is 0 Å². The molecule has 2 aliphatic rings. The fraction of sp³-hybridized carbons (Fsp3) is 0.243. The number of halogens is 8. The lowest BCUT2D eigenvalue weighted by molar-refractivity contribution is -0.615. The third-order valence-electron chi connectivity index (χ3n) is 14.1. The number of pyridine rings is 5. The van der Waals surface area contributed by atoms with Crippen molar-refractivity contribution in [2.24, 2.45) is 0 Å². The van der Waals surface area contributed by atoms with Crippen LogP contribution in [0, 0.1) is 5.21 Å². The first-order valence-corrected chi connectivity index (χ1v) is 37.9. The van der Waals surface area contributed by atoms with Gasteiger partial charge in [0.05, 0.1) is 25.0 Å². The van der Waals surface area contributed by atoms with Crippen LogP contribution in [-0.2, 0) is 23.6 Å². The summed E-state index contributed by atoms with van der Waals surface area (Å²) >= 11 is 32.9. The van der Waals surface area contributed by atoms with Crippen LogP contribution in [0.25, 0.3) is 65.3 Å². The van der Waals surface area contributed by atoms with E-state index in [0.717, 1.165) is 57.0 Å². The Morgan fingerprint density at radius 2 is 0.950 bits per heavy atom. The van der Waals surface area contributed by atoms with Crippen LogP contribution < -0.4 is 14.2 Å². The maximum absolute atomic E-state index is 12.6. The summed E-state index contributed by atoms with van der Waals surface area (Å²) in [5.74, 6) is -1.43. The van der Waals surface area contributed by atoms with Crippen LogP contribution >= 0.6 is 114 Å². The van der Waals surface area contributed by atoms with Crippen molar-refractivity contribution in [1.29, 1.82) is 0 Å². The molecular weight excluding hydrogens is 1650 g/mol. The molecule has 2 N–H and O–H groups in total. The van der Waals surface area contributed by atoms with Crippen molar-refractivity contribution in [1.82, 2.24) is 39.7 Å². The zero-order valence-corrected chi connectivity index (χ0v) is 63.7. The fourth-order valence-corrected chi connectivity index (χ4v) is 11.9. The first kappa shape index (κ1) is 79.7. The summed E-state index contributed by atoms with van der Waals surface area (Å²) in [7, 11) is 0. The molecule has 6 aromatic heterocycles. The van der Waals surface area contributed by atoms with Crippen LogP contribution in [0.3, 0.4) is 0 Å². The van der Waals surface area contributed by atoms with Crippen molar-refractivity contribution >= 4 is 192 Å². The van der Waals surface area contributed by atoms with Crippen LogP contribution in [0.15, 0.2) is 201 Å². The molecule has 4 atom stereocenters. The number of rotatable bonds is 7. The third kappa shape index (κ3) is 23.8. The van der Waals surface area contributed by atoms with Gasteiger partial charge in [-0.3, -0.25) is 24.3 Å². The number of carboxylic acid groups (broad SMARTS) is 2. The van der Waals surface area contributed by atoms with Gasteiger partial charge in [0.2, 0.25) is 11.8 Å². The summed E-state index contributed by atoms with van der Waals surface area (Å²) in [6.45, 7) is 10.6. The lowest BCUT2D eigenvalue weighted by atomic mass is 10.1. The average molecular weight is 1720 g/mol. The number of aromatic nitrogens is 7. The number of carboxylic acids is 2. The van der Waals surface area contributed by atoms with Gasteiger partial charge in [-0.1, -0.05) is 122 Å². The minimum Gasteiger partial charge on any atom is -0.618 e. The maximum Gasteiger partial charge on any atom is 0.411 e. The number of ether oxygens (including phenoxy) is 4. The molecule has 2 aliphatic heterocycles. The number of likely N-dealkylation sites (tertiary alicyclic amines) is 2. The smallest absolute Gasteiger partial charge is 0.411 e. The van der Waals surface area contributed by atoms with Crippen molar-refractivity contribution < 1.29 is 57.6 Å². The molecule has 2 fully saturated rings. The highest BCUT2D eigenvalue weighted by Crippen LogP contribution is 2.61. The molecule has 0 radical (unpaired) electrons. The number of carbonyl (C=O) groups is 4. The van der Waals surface area contributed by atoms with Crippen molar-refractivity contribution in [3.8, 4) is 23.1 Å². The second kappa shape index (κ2) is 35.8. The topological polar surface area (TPSA) is 273 Å². The SMILES string of the molecule is Brc1cc2ccccc2cn1.C.CC(C)(C)OC(=O)N1C[C@H](Oc2nc(-c3cnccn3)cc3ccccc23)C[C@H]1C(=O)O.CC(C)(C)OC(=O)N1C[C@H](Oc2nc(Br)cc3ccccc23)C[C@H]1C(=O)O.Clc1nc(Br)cc2ccccc12.O=P(Cl)(Cl)Cl.[O-][n+]1cc2ccccc2cc1Br. The van der Waals surface area contributed by atoms with Crippen molar-refractivity contribution in [2.45, 2.75) is 97.3 Å². The van der Waals surface area contributed by atoms with E-state index in [4.69, 9.17) is 30.5 Å².